The lowest BCUT2D eigenvalue weighted by Gasteiger charge is -2.22. The van der Waals surface area contributed by atoms with Crippen molar-refractivity contribution in [2.24, 2.45) is 0 Å². The Morgan fingerprint density at radius 3 is 2.32 bits per heavy atom. The highest BCUT2D eigenvalue weighted by molar-refractivity contribution is 6.34. The predicted molar refractivity (Wildman–Crippen MR) is 124 cm³/mol. The average Bonchev–Trinajstić information content (AvgIpc) is 2.78. The number of nitrogens with one attached hydrogen (secondary N) is 1. The summed E-state index contributed by atoms with van der Waals surface area (Å²) in [4.78, 5) is 8.30. The van der Waals surface area contributed by atoms with E-state index in [1.807, 2.05) is 0 Å². The largest absolute Gasteiger partial charge is 0.384 e. The summed E-state index contributed by atoms with van der Waals surface area (Å²) in [6.45, 7) is 3.15. The summed E-state index contributed by atoms with van der Waals surface area (Å²) in [7, 11) is 0. The molecule has 34 heavy (non-hydrogen) atoms. The van der Waals surface area contributed by atoms with Gasteiger partial charge in [-0.3, -0.25) is 9.97 Å². The van der Waals surface area contributed by atoms with Gasteiger partial charge in [-0.05, 0) is 32.0 Å². The highest BCUT2D eigenvalue weighted by atomic mass is 35.5. The minimum absolute atomic E-state index is 0.0163. The van der Waals surface area contributed by atoms with Crippen molar-refractivity contribution in [3.8, 4) is 11.1 Å². The second kappa shape index (κ2) is 9.19. The van der Waals surface area contributed by atoms with Gasteiger partial charge >= 0.3 is 0 Å². The van der Waals surface area contributed by atoms with E-state index >= 15 is 0 Å². The molecule has 0 fully saturated rings. The molecule has 1 atom stereocenters. The first-order valence-corrected chi connectivity index (χ1v) is 10.7. The van der Waals surface area contributed by atoms with Crippen LogP contribution in [0.15, 0.2) is 60.9 Å². The molecule has 2 heterocycles. The molecule has 0 bridgehead atoms. The zero-order valence-electron chi connectivity index (χ0n) is 18.2. The van der Waals surface area contributed by atoms with Crippen molar-refractivity contribution in [3.63, 3.8) is 0 Å². The van der Waals surface area contributed by atoms with Crippen molar-refractivity contribution in [2.75, 3.05) is 5.32 Å². The molecule has 0 amide bonds. The molecule has 0 saturated heterocycles. The van der Waals surface area contributed by atoms with Crippen molar-refractivity contribution < 1.29 is 22.7 Å². The van der Waals surface area contributed by atoms with Gasteiger partial charge in [0.25, 0.3) is 6.43 Å². The minimum atomic E-state index is -2.96. The normalized spacial score (nSPS) is 12.9. The van der Waals surface area contributed by atoms with E-state index in [4.69, 9.17) is 11.6 Å². The lowest BCUT2D eigenvalue weighted by atomic mass is 10.00. The first-order chi connectivity index (χ1) is 16.1. The molecule has 0 spiro atoms. The highest BCUT2D eigenvalue weighted by Crippen LogP contribution is 2.38. The molecule has 4 rings (SSSR count). The lowest BCUT2D eigenvalue weighted by molar-refractivity contribution is 0.0739. The van der Waals surface area contributed by atoms with Crippen LogP contribution in [0.25, 0.3) is 22.0 Å². The third kappa shape index (κ3) is 4.69. The monoisotopic (exact) mass is 489 g/mol. The van der Waals surface area contributed by atoms with Gasteiger partial charge in [0.2, 0.25) is 0 Å². The maximum Gasteiger partial charge on any atom is 0.262 e. The van der Waals surface area contributed by atoms with Gasteiger partial charge in [-0.15, -0.1) is 0 Å². The third-order valence-corrected chi connectivity index (χ3v) is 5.69. The summed E-state index contributed by atoms with van der Waals surface area (Å²) >= 11 is 6.29. The van der Waals surface area contributed by atoms with Crippen molar-refractivity contribution >= 4 is 28.2 Å². The molecule has 176 valence electrons. The maximum atomic E-state index is 14.9. The molecule has 0 saturated carbocycles. The fourth-order valence-corrected chi connectivity index (χ4v) is 3.84. The number of pyridine rings is 2. The predicted octanol–water partition coefficient (Wildman–Crippen LogP) is 6.87. The summed E-state index contributed by atoms with van der Waals surface area (Å²) in [6, 6.07) is 9.27. The Labute approximate surface area is 198 Å². The van der Waals surface area contributed by atoms with Crippen molar-refractivity contribution in [2.45, 2.75) is 31.9 Å². The summed E-state index contributed by atoms with van der Waals surface area (Å²) in [5.74, 6) is -1.40. The first kappa shape index (κ1) is 23.9. The van der Waals surface area contributed by atoms with Crippen LogP contribution in [0.4, 0.5) is 23.2 Å². The second-order valence-electron chi connectivity index (χ2n) is 8.30. The fraction of sp³-hybridized carbons (Fsp3) is 0.200. The van der Waals surface area contributed by atoms with E-state index in [-0.39, 0.29) is 32.7 Å². The Bertz CT molecular complexity index is 1340. The SMILES string of the molecule is CC(C)(O)c1ccc(-c2cc3c(NC(c4ccccc4F)C(F)F)c(Cl)cnc3cc2F)cn1. The van der Waals surface area contributed by atoms with Crippen LogP contribution < -0.4 is 5.32 Å². The maximum absolute atomic E-state index is 14.9. The number of alkyl halides is 2. The Morgan fingerprint density at radius 2 is 1.71 bits per heavy atom. The van der Waals surface area contributed by atoms with E-state index in [2.05, 4.69) is 15.3 Å². The molecule has 4 aromatic rings. The van der Waals surface area contributed by atoms with Crippen LogP contribution in [-0.4, -0.2) is 21.5 Å². The molecular weight excluding hydrogens is 470 g/mol. The van der Waals surface area contributed by atoms with Crippen LogP contribution in [0.3, 0.4) is 0 Å². The number of nitrogens with zero attached hydrogens (tertiary/aromatic N) is 2. The minimum Gasteiger partial charge on any atom is -0.384 e. The van der Waals surface area contributed by atoms with Gasteiger partial charge in [0, 0.05) is 40.5 Å². The summed E-state index contributed by atoms with van der Waals surface area (Å²) in [5.41, 5.74) is -0.224. The molecule has 0 aliphatic rings. The Morgan fingerprint density at radius 1 is 0.971 bits per heavy atom. The molecule has 2 aromatic carbocycles. The van der Waals surface area contributed by atoms with Crippen LogP contribution in [-0.2, 0) is 5.60 Å². The fourth-order valence-electron chi connectivity index (χ4n) is 3.63. The van der Waals surface area contributed by atoms with Gasteiger partial charge < -0.3 is 10.4 Å². The van der Waals surface area contributed by atoms with Crippen molar-refractivity contribution in [3.05, 3.63) is 88.8 Å². The Hall–Kier alpha value is -3.23. The number of hydrogen-bond donors (Lipinski definition) is 2. The van der Waals surface area contributed by atoms with E-state index in [0.29, 0.717) is 11.3 Å². The number of fused-ring (bicyclic) bond motifs is 1. The number of hydrogen-bond acceptors (Lipinski definition) is 4. The van der Waals surface area contributed by atoms with Crippen molar-refractivity contribution in [1.29, 1.82) is 0 Å². The molecule has 0 aliphatic heterocycles. The number of halogens is 5. The van der Waals surface area contributed by atoms with Gasteiger partial charge in [-0.1, -0.05) is 35.9 Å². The van der Waals surface area contributed by atoms with Gasteiger partial charge in [0.05, 0.1) is 21.9 Å². The zero-order valence-corrected chi connectivity index (χ0v) is 18.9. The molecule has 0 aliphatic carbocycles. The van der Waals surface area contributed by atoms with E-state index in [1.54, 1.807) is 26.0 Å². The summed E-state index contributed by atoms with van der Waals surface area (Å²) in [6.07, 6.45) is -0.339. The molecule has 1 unspecified atom stereocenters. The molecule has 2 N–H and O–H groups in total. The number of anilines is 1. The smallest absolute Gasteiger partial charge is 0.262 e. The van der Waals surface area contributed by atoms with E-state index < -0.39 is 29.7 Å². The van der Waals surface area contributed by atoms with Crippen molar-refractivity contribution in [1.82, 2.24) is 9.97 Å². The highest BCUT2D eigenvalue weighted by Gasteiger charge is 2.27. The molecule has 4 nitrogen and oxygen atoms in total. The van der Waals surface area contributed by atoms with E-state index in [0.717, 1.165) is 12.1 Å². The quantitative estimate of drug-likeness (QED) is 0.290. The standard InChI is InChI=1S/C25H20ClF4N3O/c1-25(2,34)21-8-7-13(11-32-21)15-9-16-20(10-19(15)28)31-12-17(26)22(16)33-23(24(29)30)14-5-3-4-6-18(14)27/h3-12,23-24,34H,1-2H3,(H,31,33). The Balaban J connectivity index is 1.83. The van der Waals surface area contributed by atoms with Crippen LogP contribution >= 0.6 is 11.6 Å². The lowest BCUT2D eigenvalue weighted by Crippen LogP contribution is -2.20. The molecule has 0 radical (unpaired) electrons. The first-order valence-electron chi connectivity index (χ1n) is 10.3. The number of rotatable bonds is 6. The third-order valence-electron chi connectivity index (χ3n) is 5.40. The second-order valence-corrected chi connectivity index (χ2v) is 8.71. The van der Waals surface area contributed by atoms with Gasteiger partial charge in [-0.2, -0.15) is 0 Å². The van der Waals surface area contributed by atoms with E-state index in [9.17, 15) is 22.7 Å². The zero-order chi connectivity index (χ0) is 24.6. The van der Waals surface area contributed by atoms with E-state index in [1.165, 1.54) is 36.7 Å². The van der Waals surface area contributed by atoms with Gasteiger partial charge in [0.1, 0.15) is 23.3 Å². The van der Waals surface area contributed by atoms with Crippen LogP contribution in [0, 0.1) is 11.6 Å². The van der Waals surface area contributed by atoms with Crippen LogP contribution in [0.2, 0.25) is 5.02 Å². The summed E-state index contributed by atoms with van der Waals surface area (Å²) < 4.78 is 57.1. The summed E-state index contributed by atoms with van der Waals surface area (Å²) in [5, 5.41) is 13.0. The number of aromatic nitrogens is 2. The molecular formula is C25H20ClF4N3O. The number of benzene rings is 2. The van der Waals surface area contributed by atoms with Crippen LogP contribution in [0.1, 0.15) is 31.1 Å². The van der Waals surface area contributed by atoms with Gasteiger partial charge in [0.15, 0.2) is 0 Å². The van der Waals surface area contributed by atoms with Gasteiger partial charge in [-0.25, -0.2) is 17.6 Å². The molecule has 2 aromatic heterocycles. The molecule has 9 heteroatoms. The number of aliphatic hydroxyl groups is 1. The average molecular weight is 490 g/mol. The Kier molecular flexibility index (Phi) is 6.47. The topological polar surface area (TPSA) is 58.0 Å². The van der Waals surface area contributed by atoms with Crippen LogP contribution in [0.5, 0.6) is 0 Å².